The number of benzene rings is 2. The van der Waals surface area contributed by atoms with E-state index in [1.54, 1.807) is 4.83 Å². The van der Waals surface area contributed by atoms with Crippen LogP contribution in [0, 0.1) is 5.82 Å². The number of amides is 1. The number of carbonyl (C=O) groups excluding carboxylic acids is 1. The first-order chi connectivity index (χ1) is 12.5. The summed E-state index contributed by atoms with van der Waals surface area (Å²) in [5, 5.41) is 0. The summed E-state index contributed by atoms with van der Waals surface area (Å²) in [5.74, 6) is -1.85. The molecule has 0 aliphatic carbocycles. The molecule has 2 N–H and O–H groups in total. The SMILES string of the molecule is C[C@H](Oc1ccccc1F)C(=O)NNS(=O)(=O)c1ccc(C(F)(F)F)cc1. The second-order valence-corrected chi connectivity index (χ2v) is 6.99. The van der Waals surface area contributed by atoms with Gasteiger partial charge < -0.3 is 4.74 Å². The van der Waals surface area contributed by atoms with Gasteiger partial charge in [0.25, 0.3) is 15.9 Å². The summed E-state index contributed by atoms with van der Waals surface area (Å²) in [6, 6.07) is 7.99. The van der Waals surface area contributed by atoms with E-state index in [2.05, 4.69) is 0 Å². The van der Waals surface area contributed by atoms with Gasteiger partial charge in [-0.2, -0.15) is 13.2 Å². The van der Waals surface area contributed by atoms with Crippen molar-refractivity contribution in [2.45, 2.75) is 24.1 Å². The minimum atomic E-state index is -4.61. The summed E-state index contributed by atoms with van der Waals surface area (Å²) < 4.78 is 80.1. The van der Waals surface area contributed by atoms with Gasteiger partial charge in [-0.15, -0.1) is 4.83 Å². The third-order valence-electron chi connectivity index (χ3n) is 3.31. The van der Waals surface area contributed by atoms with Gasteiger partial charge in [-0.25, -0.2) is 12.8 Å². The summed E-state index contributed by atoms with van der Waals surface area (Å²) in [4.78, 5) is 13.1. The molecule has 0 unspecified atom stereocenters. The van der Waals surface area contributed by atoms with Gasteiger partial charge in [-0.1, -0.05) is 12.1 Å². The van der Waals surface area contributed by atoms with Crippen LogP contribution in [0.2, 0.25) is 0 Å². The third-order valence-corrected chi connectivity index (χ3v) is 4.57. The zero-order valence-corrected chi connectivity index (χ0v) is 14.6. The number of halogens is 4. The van der Waals surface area contributed by atoms with E-state index >= 15 is 0 Å². The number of para-hydroxylation sites is 1. The van der Waals surface area contributed by atoms with E-state index in [1.807, 2.05) is 5.43 Å². The van der Waals surface area contributed by atoms with Crippen molar-refractivity contribution >= 4 is 15.9 Å². The number of hydrazine groups is 1. The fraction of sp³-hybridized carbons (Fsp3) is 0.188. The van der Waals surface area contributed by atoms with Crippen LogP contribution in [-0.4, -0.2) is 20.4 Å². The molecule has 27 heavy (non-hydrogen) atoms. The lowest BCUT2D eigenvalue weighted by molar-refractivity contribution is -0.137. The van der Waals surface area contributed by atoms with Crippen LogP contribution in [0.25, 0.3) is 0 Å². The molecule has 146 valence electrons. The number of rotatable bonds is 6. The Morgan fingerprint density at radius 3 is 2.22 bits per heavy atom. The third kappa shape index (κ3) is 5.41. The van der Waals surface area contributed by atoms with E-state index in [4.69, 9.17) is 4.74 Å². The Balaban J connectivity index is 1.99. The quantitative estimate of drug-likeness (QED) is 0.571. The number of sulfonamides is 1. The molecule has 0 bridgehead atoms. The number of alkyl halides is 3. The Hall–Kier alpha value is -2.66. The van der Waals surface area contributed by atoms with Gasteiger partial charge in [-0.3, -0.25) is 10.2 Å². The van der Waals surface area contributed by atoms with Crippen molar-refractivity contribution in [1.29, 1.82) is 0 Å². The Bertz CT molecular complexity index is 915. The molecule has 1 amide bonds. The molecule has 0 aliphatic rings. The highest BCUT2D eigenvalue weighted by atomic mass is 32.2. The summed E-state index contributed by atoms with van der Waals surface area (Å²) in [6.45, 7) is 1.26. The van der Waals surface area contributed by atoms with E-state index in [0.29, 0.717) is 12.1 Å². The molecule has 0 radical (unpaired) electrons. The maximum Gasteiger partial charge on any atom is 0.416 e. The van der Waals surface area contributed by atoms with Crippen LogP contribution in [0.4, 0.5) is 17.6 Å². The summed E-state index contributed by atoms with van der Waals surface area (Å²) in [5.41, 5.74) is 0.843. The Morgan fingerprint density at radius 2 is 1.67 bits per heavy atom. The zero-order chi connectivity index (χ0) is 20.2. The first-order valence-electron chi connectivity index (χ1n) is 7.41. The van der Waals surface area contributed by atoms with Crippen LogP contribution in [0.1, 0.15) is 12.5 Å². The van der Waals surface area contributed by atoms with Gasteiger partial charge in [0.05, 0.1) is 10.5 Å². The summed E-state index contributed by atoms with van der Waals surface area (Å²) in [7, 11) is -4.31. The predicted octanol–water partition coefficient (Wildman–Crippen LogP) is 2.62. The largest absolute Gasteiger partial charge is 0.478 e. The topological polar surface area (TPSA) is 84.5 Å². The van der Waals surface area contributed by atoms with E-state index in [9.17, 15) is 30.8 Å². The lowest BCUT2D eigenvalue weighted by Gasteiger charge is -2.15. The molecular formula is C16H14F4N2O4S. The van der Waals surface area contributed by atoms with E-state index < -0.39 is 44.5 Å². The second-order valence-electron chi connectivity index (χ2n) is 5.31. The molecule has 6 nitrogen and oxygen atoms in total. The predicted molar refractivity (Wildman–Crippen MR) is 86.4 cm³/mol. The first-order valence-corrected chi connectivity index (χ1v) is 8.89. The highest BCUT2D eigenvalue weighted by Gasteiger charge is 2.30. The van der Waals surface area contributed by atoms with Crippen LogP contribution in [-0.2, 0) is 21.0 Å². The Morgan fingerprint density at radius 1 is 1.07 bits per heavy atom. The number of nitrogens with one attached hydrogen (secondary N) is 2. The fourth-order valence-corrected chi connectivity index (χ4v) is 2.73. The van der Waals surface area contributed by atoms with Crippen LogP contribution >= 0.6 is 0 Å². The van der Waals surface area contributed by atoms with E-state index in [1.165, 1.54) is 25.1 Å². The minimum Gasteiger partial charge on any atom is -0.478 e. The number of hydrogen-bond donors (Lipinski definition) is 2. The van der Waals surface area contributed by atoms with Crippen molar-refractivity contribution in [2.75, 3.05) is 0 Å². The first kappa shape index (κ1) is 20.6. The van der Waals surface area contributed by atoms with Crippen LogP contribution in [0.3, 0.4) is 0 Å². The van der Waals surface area contributed by atoms with Gasteiger partial charge in [0.15, 0.2) is 17.7 Å². The van der Waals surface area contributed by atoms with Gasteiger partial charge in [0.2, 0.25) is 0 Å². The molecule has 2 rings (SSSR count). The molecule has 2 aromatic rings. The lowest BCUT2D eigenvalue weighted by Crippen LogP contribution is -2.47. The molecule has 0 fully saturated rings. The average Bonchev–Trinajstić information content (AvgIpc) is 2.61. The molecule has 0 saturated heterocycles. The molecule has 0 saturated carbocycles. The van der Waals surface area contributed by atoms with Crippen molar-refractivity contribution in [2.24, 2.45) is 0 Å². The van der Waals surface area contributed by atoms with Crippen LogP contribution in [0.15, 0.2) is 53.4 Å². The average molecular weight is 406 g/mol. The molecule has 1 atom stereocenters. The molecular weight excluding hydrogens is 392 g/mol. The standard InChI is InChI=1S/C16H14F4N2O4S/c1-10(26-14-5-3-2-4-13(14)17)15(23)21-22-27(24,25)12-8-6-11(7-9-12)16(18,19)20/h2-10,22H,1H3,(H,21,23)/t10-/m0/s1. The summed E-state index contributed by atoms with van der Waals surface area (Å²) >= 11 is 0. The van der Waals surface area contributed by atoms with Crippen molar-refractivity contribution in [3.8, 4) is 5.75 Å². The van der Waals surface area contributed by atoms with Crippen LogP contribution < -0.4 is 15.0 Å². The van der Waals surface area contributed by atoms with Crippen molar-refractivity contribution in [3.05, 3.63) is 59.9 Å². The molecule has 2 aromatic carbocycles. The second kappa shape index (κ2) is 7.92. The smallest absolute Gasteiger partial charge is 0.416 e. The molecule has 0 heterocycles. The highest BCUT2D eigenvalue weighted by molar-refractivity contribution is 7.89. The summed E-state index contributed by atoms with van der Waals surface area (Å²) in [6.07, 6.45) is -5.86. The molecule has 11 heteroatoms. The molecule has 0 spiro atoms. The van der Waals surface area contributed by atoms with Gasteiger partial charge in [-0.05, 0) is 43.3 Å². The van der Waals surface area contributed by atoms with Crippen molar-refractivity contribution in [3.63, 3.8) is 0 Å². The van der Waals surface area contributed by atoms with Crippen molar-refractivity contribution in [1.82, 2.24) is 10.3 Å². The monoisotopic (exact) mass is 406 g/mol. The maximum absolute atomic E-state index is 13.5. The molecule has 0 aromatic heterocycles. The van der Waals surface area contributed by atoms with E-state index in [0.717, 1.165) is 18.2 Å². The van der Waals surface area contributed by atoms with E-state index in [-0.39, 0.29) is 5.75 Å². The lowest BCUT2D eigenvalue weighted by atomic mass is 10.2. The number of carbonyl (C=O) groups is 1. The van der Waals surface area contributed by atoms with Crippen LogP contribution in [0.5, 0.6) is 5.75 Å². The zero-order valence-electron chi connectivity index (χ0n) is 13.7. The fourth-order valence-electron chi connectivity index (χ4n) is 1.89. The minimum absolute atomic E-state index is 0.203. The maximum atomic E-state index is 13.5. The number of ether oxygens (including phenoxy) is 1. The van der Waals surface area contributed by atoms with Gasteiger partial charge in [0, 0.05) is 0 Å². The number of hydrogen-bond acceptors (Lipinski definition) is 4. The molecule has 0 aliphatic heterocycles. The van der Waals surface area contributed by atoms with Crippen molar-refractivity contribution < 1.29 is 35.5 Å². The Labute approximate surface area is 152 Å². The van der Waals surface area contributed by atoms with Gasteiger partial charge in [0.1, 0.15) is 0 Å². The Kier molecular flexibility index (Phi) is 6.06. The highest BCUT2D eigenvalue weighted by Crippen LogP contribution is 2.29. The van der Waals surface area contributed by atoms with Gasteiger partial charge >= 0.3 is 6.18 Å². The normalized spacial score (nSPS) is 13.1.